The third-order valence-corrected chi connectivity index (χ3v) is 1.80. The van der Waals surface area contributed by atoms with Crippen LogP contribution in [-0.2, 0) is 19.1 Å². The van der Waals surface area contributed by atoms with Gasteiger partial charge in [0.1, 0.15) is 0 Å². The van der Waals surface area contributed by atoms with Crippen LogP contribution in [0.25, 0.3) is 0 Å². The van der Waals surface area contributed by atoms with Gasteiger partial charge in [-0.3, -0.25) is 0 Å². The first-order valence-electron chi connectivity index (χ1n) is 7.22. The zero-order chi connectivity index (χ0) is 18.7. The molecule has 0 aliphatic carbocycles. The zero-order valence-corrected chi connectivity index (χ0v) is 14.5. The van der Waals surface area contributed by atoms with E-state index in [9.17, 15) is 9.59 Å². The van der Waals surface area contributed by atoms with Crippen molar-refractivity contribution in [2.75, 3.05) is 26.4 Å². The molecule has 0 aliphatic heterocycles. The normalized spacial score (nSPS) is 8.39. The quantitative estimate of drug-likeness (QED) is 0.307. The number of aliphatic hydroxyl groups excluding tert-OH is 2. The number of allylic oxidation sites excluding steroid dienone is 1. The summed E-state index contributed by atoms with van der Waals surface area (Å²) in [6, 6.07) is 0. The summed E-state index contributed by atoms with van der Waals surface area (Å²) >= 11 is 0. The highest BCUT2D eigenvalue weighted by Gasteiger charge is 2.04. The van der Waals surface area contributed by atoms with Gasteiger partial charge in [0, 0.05) is 11.1 Å². The molecule has 6 heteroatoms. The molecule has 6 nitrogen and oxygen atoms in total. The summed E-state index contributed by atoms with van der Waals surface area (Å²) in [7, 11) is 0. The van der Waals surface area contributed by atoms with Gasteiger partial charge in [-0.1, -0.05) is 19.2 Å². The van der Waals surface area contributed by atoms with Crippen molar-refractivity contribution in [3.05, 3.63) is 37.0 Å². The van der Waals surface area contributed by atoms with Gasteiger partial charge in [0.2, 0.25) is 0 Å². The zero-order valence-electron chi connectivity index (χ0n) is 14.5. The Bertz CT molecular complexity index is 328. The lowest BCUT2D eigenvalue weighted by atomic mass is 10.3. The lowest BCUT2D eigenvalue weighted by molar-refractivity contribution is -0.141. The van der Waals surface area contributed by atoms with Crippen LogP contribution >= 0.6 is 0 Å². The average Bonchev–Trinajstić information content (AvgIpc) is 2.50. The third-order valence-electron chi connectivity index (χ3n) is 1.80. The molecule has 0 heterocycles. The molecule has 0 rings (SSSR count). The second-order valence-corrected chi connectivity index (χ2v) is 4.40. The van der Waals surface area contributed by atoms with Gasteiger partial charge in [-0.05, 0) is 33.6 Å². The first kappa shape index (κ1) is 26.0. The first-order valence-corrected chi connectivity index (χ1v) is 7.22. The molecule has 0 unspecified atom stereocenters. The summed E-state index contributed by atoms with van der Waals surface area (Å²) < 4.78 is 9.72. The van der Waals surface area contributed by atoms with Gasteiger partial charge in [0.05, 0.1) is 26.4 Å². The minimum atomic E-state index is -0.390. The summed E-state index contributed by atoms with van der Waals surface area (Å²) in [5.41, 5.74) is 0.766. The molecular formula is C17H30O6. The summed E-state index contributed by atoms with van der Waals surface area (Å²) in [5, 5.41) is 15.2. The van der Waals surface area contributed by atoms with E-state index in [4.69, 9.17) is 19.7 Å². The van der Waals surface area contributed by atoms with Gasteiger partial charge in [-0.25, -0.2) is 9.59 Å². The van der Waals surface area contributed by atoms with E-state index in [1.165, 1.54) is 0 Å². The Labute approximate surface area is 139 Å². The van der Waals surface area contributed by atoms with Crippen molar-refractivity contribution in [2.24, 2.45) is 0 Å². The Balaban J connectivity index is -0.000000480. The Morgan fingerprint density at radius 3 is 1.35 bits per heavy atom. The van der Waals surface area contributed by atoms with Crippen LogP contribution < -0.4 is 0 Å². The maximum atomic E-state index is 11.0. The monoisotopic (exact) mass is 330 g/mol. The van der Waals surface area contributed by atoms with Gasteiger partial charge in [-0.2, -0.15) is 0 Å². The average molecular weight is 330 g/mol. The highest BCUT2D eigenvalue weighted by atomic mass is 16.5. The Morgan fingerprint density at radius 1 is 0.913 bits per heavy atom. The van der Waals surface area contributed by atoms with Crippen molar-refractivity contribution in [1.29, 1.82) is 0 Å². The number of esters is 2. The highest BCUT2D eigenvalue weighted by molar-refractivity contribution is 5.87. The number of carbonyl (C=O) groups is 2. The summed E-state index contributed by atoms with van der Waals surface area (Å²) in [5.74, 6) is -0.780. The van der Waals surface area contributed by atoms with Crippen molar-refractivity contribution < 1.29 is 29.3 Å². The van der Waals surface area contributed by atoms with Gasteiger partial charge in [0.15, 0.2) is 0 Å². The molecule has 0 radical (unpaired) electrons. The second kappa shape index (κ2) is 20.1. The van der Waals surface area contributed by atoms with Crippen LogP contribution in [0, 0.1) is 0 Å². The van der Waals surface area contributed by atoms with Gasteiger partial charge < -0.3 is 19.7 Å². The molecule has 0 aromatic rings. The van der Waals surface area contributed by atoms with Crippen molar-refractivity contribution in [2.45, 2.75) is 33.6 Å². The van der Waals surface area contributed by atoms with Crippen LogP contribution in [0.5, 0.6) is 0 Å². The fourth-order valence-corrected chi connectivity index (χ4v) is 0.780. The fourth-order valence-electron chi connectivity index (χ4n) is 0.780. The van der Waals surface area contributed by atoms with Crippen LogP contribution in [0.15, 0.2) is 37.0 Å². The molecule has 0 aliphatic rings. The van der Waals surface area contributed by atoms with Crippen molar-refractivity contribution >= 4 is 11.9 Å². The molecule has 0 aromatic heterocycles. The minimum absolute atomic E-state index is 0.125. The van der Waals surface area contributed by atoms with E-state index in [1.807, 2.05) is 6.92 Å². The molecule has 0 saturated heterocycles. The number of rotatable bonds is 8. The van der Waals surface area contributed by atoms with Crippen molar-refractivity contribution in [3.8, 4) is 0 Å². The SMILES string of the molecule is C=C(C)C(=O)OCCCCOC(=O)C(=C)C.C=CC.OCCO. The topological polar surface area (TPSA) is 93.1 Å². The van der Waals surface area contributed by atoms with Gasteiger partial charge in [0.25, 0.3) is 0 Å². The smallest absolute Gasteiger partial charge is 0.333 e. The molecular weight excluding hydrogens is 300 g/mol. The molecule has 134 valence electrons. The first-order chi connectivity index (χ1) is 10.8. The molecule has 0 bridgehead atoms. The Kier molecular flexibility index (Phi) is 22.7. The lowest BCUT2D eigenvalue weighted by Crippen LogP contribution is -2.09. The largest absolute Gasteiger partial charge is 0.462 e. The molecule has 0 saturated carbocycles. The van der Waals surface area contributed by atoms with Crippen LogP contribution in [0.3, 0.4) is 0 Å². The Hall–Kier alpha value is -1.92. The molecule has 0 amide bonds. The van der Waals surface area contributed by atoms with Crippen LogP contribution in [0.4, 0.5) is 0 Å². The molecule has 0 spiro atoms. The summed E-state index contributed by atoms with van der Waals surface area (Å²) in [6.07, 6.45) is 3.06. The van der Waals surface area contributed by atoms with E-state index < -0.39 is 0 Å². The molecule has 2 N–H and O–H groups in total. The maximum absolute atomic E-state index is 11.0. The van der Waals surface area contributed by atoms with Crippen LogP contribution in [0.1, 0.15) is 33.6 Å². The number of carbonyl (C=O) groups excluding carboxylic acids is 2. The summed E-state index contributed by atoms with van der Waals surface area (Å²) in [4.78, 5) is 21.9. The van der Waals surface area contributed by atoms with Crippen molar-refractivity contribution in [1.82, 2.24) is 0 Å². The summed E-state index contributed by atoms with van der Waals surface area (Å²) in [6.45, 7) is 15.7. The predicted molar refractivity (Wildman–Crippen MR) is 90.8 cm³/mol. The standard InChI is InChI=1S/C12H18O4.C3H6.C2H6O2/c1-9(2)11(13)15-7-5-6-8-16-12(14)10(3)4;1-3-2;3-1-2-4/h1,3,5-8H2,2,4H3;3H,1H2,2H3;3-4H,1-2H2. The van der Waals surface area contributed by atoms with E-state index in [-0.39, 0.29) is 25.2 Å². The number of hydrogen-bond donors (Lipinski definition) is 2. The molecule has 0 atom stereocenters. The maximum Gasteiger partial charge on any atom is 0.333 e. The molecule has 23 heavy (non-hydrogen) atoms. The molecule has 0 aromatic carbocycles. The van der Waals surface area contributed by atoms with Crippen LogP contribution in [0.2, 0.25) is 0 Å². The minimum Gasteiger partial charge on any atom is -0.462 e. The predicted octanol–water partition coefficient (Wildman–Crippen LogP) is 2.17. The van der Waals surface area contributed by atoms with E-state index in [0.717, 1.165) is 0 Å². The van der Waals surface area contributed by atoms with E-state index >= 15 is 0 Å². The van der Waals surface area contributed by atoms with Crippen LogP contribution in [-0.4, -0.2) is 48.6 Å². The number of ether oxygens (including phenoxy) is 2. The number of hydrogen-bond acceptors (Lipinski definition) is 6. The van der Waals surface area contributed by atoms with E-state index in [2.05, 4.69) is 19.7 Å². The van der Waals surface area contributed by atoms with E-state index in [0.29, 0.717) is 37.2 Å². The van der Waals surface area contributed by atoms with Crippen molar-refractivity contribution in [3.63, 3.8) is 0 Å². The lowest BCUT2D eigenvalue weighted by Gasteiger charge is -2.05. The van der Waals surface area contributed by atoms with E-state index in [1.54, 1.807) is 19.9 Å². The highest BCUT2D eigenvalue weighted by Crippen LogP contribution is 1.98. The van der Waals surface area contributed by atoms with Gasteiger partial charge in [-0.15, -0.1) is 6.58 Å². The molecule has 0 fully saturated rings. The number of unbranched alkanes of at least 4 members (excludes halogenated alkanes) is 1. The number of aliphatic hydroxyl groups is 2. The third kappa shape index (κ3) is 25.4. The van der Waals surface area contributed by atoms with Gasteiger partial charge >= 0.3 is 11.9 Å². The fraction of sp³-hybridized carbons (Fsp3) is 0.529. The second-order valence-electron chi connectivity index (χ2n) is 4.40. The Morgan fingerprint density at radius 2 is 1.17 bits per heavy atom.